The summed E-state index contributed by atoms with van der Waals surface area (Å²) in [5, 5.41) is 3.80. The number of rotatable bonds is 9. The third-order valence-corrected chi connectivity index (χ3v) is 7.25. The molecule has 2 saturated carbocycles. The number of hydrogen-bond acceptors (Lipinski definition) is 6. The van der Waals surface area contributed by atoms with Crippen LogP contribution in [0.25, 0.3) is 11.0 Å². The summed E-state index contributed by atoms with van der Waals surface area (Å²) in [6.45, 7) is 2.66. The van der Waals surface area contributed by atoms with Crippen molar-refractivity contribution < 1.29 is 4.79 Å². The van der Waals surface area contributed by atoms with E-state index in [1.165, 1.54) is 17.3 Å². The van der Waals surface area contributed by atoms with Crippen molar-refractivity contribution >= 4 is 28.7 Å². The van der Waals surface area contributed by atoms with Crippen molar-refractivity contribution in [1.29, 1.82) is 0 Å². The first-order valence-corrected chi connectivity index (χ1v) is 12.5. The minimum absolute atomic E-state index is 0.0731. The number of fused-ring (bicyclic) bond motifs is 1. The maximum absolute atomic E-state index is 12.7. The summed E-state index contributed by atoms with van der Waals surface area (Å²) in [5.41, 5.74) is 0.692. The fraction of sp³-hybridized carbons (Fsp3) is 0.458. The van der Waals surface area contributed by atoms with Gasteiger partial charge in [0.15, 0.2) is 5.65 Å². The van der Waals surface area contributed by atoms with Gasteiger partial charge < -0.3 is 5.32 Å². The summed E-state index contributed by atoms with van der Waals surface area (Å²) >= 11 is 1.23. The topological polar surface area (TPSA) is 110 Å². The second kappa shape index (κ2) is 9.13. The zero-order valence-corrected chi connectivity index (χ0v) is 19.4. The first-order chi connectivity index (χ1) is 16.0. The van der Waals surface area contributed by atoms with E-state index in [1.54, 1.807) is 4.57 Å². The second-order valence-corrected chi connectivity index (χ2v) is 9.79. The molecule has 1 amide bonds. The largest absolute Gasteiger partial charge is 0.355 e. The van der Waals surface area contributed by atoms with Crippen LogP contribution in [-0.2, 0) is 4.79 Å². The molecule has 2 aromatic heterocycles. The maximum atomic E-state index is 12.7. The van der Waals surface area contributed by atoms with Crippen LogP contribution in [0, 0.1) is 0 Å². The Morgan fingerprint density at radius 1 is 1.18 bits per heavy atom. The Morgan fingerprint density at radius 3 is 2.61 bits per heavy atom. The highest BCUT2D eigenvalue weighted by atomic mass is 32.2. The van der Waals surface area contributed by atoms with Gasteiger partial charge in [-0.05, 0) is 37.7 Å². The number of carbonyl (C=O) groups is 1. The number of thioether (sulfide) groups is 1. The standard InChI is InChI=1S/C24H27N5O3S/c1-2-14(15-6-4-3-5-7-15)12-25-18(30)13-33-23-19-21(26-20(27-23)16-8-9-16)29(17-10-11-17)24(32)28-22(19)31/h3-7,14,16-17H,2,8-13H2,1H3,(H,25,30)(H,28,31,32). The first kappa shape index (κ1) is 21.9. The lowest BCUT2D eigenvalue weighted by Gasteiger charge is -2.16. The summed E-state index contributed by atoms with van der Waals surface area (Å²) in [6.07, 6.45) is 4.73. The highest BCUT2D eigenvalue weighted by Crippen LogP contribution is 2.40. The molecule has 1 unspecified atom stereocenters. The van der Waals surface area contributed by atoms with E-state index in [0.29, 0.717) is 28.4 Å². The molecule has 9 heteroatoms. The zero-order chi connectivity index (χ0) is 22.9. The molecule has 172 valence electrons. The molecule has 1 atom stereocenters. The van der Waals surface area contributed by atoms with Gasteiger partial charge in [0.2, 0.25) is 5.91 Å². The molecule has 0 aliphatic heterocycles. The van der Waals surface area contributed by atoms with Crippen molar-refractivity contribution in [3.05, 3.63) is 62.6 Å². The summed E-state index contributed by atoms with van der Waals surface area (Å²) in [5.74, 6) is 1.21. The molecule has 2 N–H and O–H groups in total. The molecule has 3 aromatic rings. The van der Waals surface area contributed by atoms with Crippen LogP contribution in [0.5, 0.6) is 0 Å². The minimum atomic E-state index is -0.493. The molecule has 2 fully saturated rings. The number of H-pyrrole nitrogens is 1. The summed E-state index contributed by atoms with van der Waals surface area (Å²) in [4.78, 5) is 49.5. The van der Waals surface area contributed by atoms with Crippen LogP contribution >= 0.6 is 11.8 Å². The number of aromatic nitrogens is 4. The molecule has 0 spiro atoms. The Labute approximate surface area is 195 Å². The molecule has 0 bridgehead atoms. The lowest BCUT2D eigenvalue weighted by atomic mass is 9.96. The van der Waals surface area contributed by atoms with Gasteiger partial charge in [-0.2, -0.15) is 0 Å². The Hall–Kier alpha value is -2.94. The van der Waals surface area contributed by atoms with Crippen molar-refractivity contribution in [3.63, 3.8) is 0 Å². The lowest BCUT2D eigenvalue weighted by Crippen LogP contribution is -2.31. The molecule has 8 nitrogen and oxygen atoms in total. The van der Waals surface area contributed by atoms with Crippen molar-refractivity contribution in [3.8, 4) is 0 Å². The van der Waals surface area contributed by atoms with Crippen molar-refractivity contribution in [2.75, 3.05) is 12.3 Å². The predicted molar refractivity (Wildman–Crippen MR) is 128 cm³/mol. The van der Waals surface area contributed by atoms with Crippen LogP contribution in [0.1, 0.15) is 68.3 Å². The fourth-order valence-corrected chi connectivity index (χ4v) is 4.94. The Balaban J connectivity index is 1.36. The van der Waals surface area contributed by atoms with Gasteiger partial charge in [-0.3, -0.25) is 19.1 Å². The van der Waals surface area contributed by atoms with Gasteiger partial charge in [-0.15, -0.1) is 0 Å². The van der Waals surface area contributed by atoms with E-state index < -0.39 is 11.2 Å². The van der Waals surface area contributed by atoms with Crippen LogP contribution in [0.3, 0.4) is 0 Å². The van der Waals surface area contributed by atoms with Crippen LogP contribution < -0.4 is 16.6 Å². The third kappa shape index (κ3) is 4.73. The lowest BCUT2D eigenvalue weighted by molar-refractivity contribution is -0.118. The third-order valence-electron chi connectivity index (χ3n) is 6.27. The van der Waals surface area contributed by atoms with E-state index in [-0.39, 0.29) is 29.5 Å². The number of carbonyl (C=O) groups excluding carboxylic acids is 1. The van der Waals surface area contributed by atoms with Gasteiger partial charge >= 0.3 is 5.69 Å². The van der Waals surface area contributed by atoms with Crippen LogP contribution in [0.2, 0.25) is 0 Å². The molecule has 2 aliphatic carbocycles. The molecular weight excluding hydrogens is 438 g/mol. The van der Waals surface area contributed by atoms with E-state index in [4.69, 9.17) is 0 Å². The monoisotopic (exact) mass is 465 g/mol. The number of benzene rings is 1. The molecule has 33 heavy (non-hydrogen) atoms. The molecule has 5 rings (SSSR count). The first-order valence-electron chi connectivity index (χ1n) is 11.6. The second-order valence-electron chi connectivity index (χ2n) is 8.83. The minimum Gasteiger partial charge on any atom is -0.355 e. The fourth-order valence-electron chi connectivity index (χ4n) is 4.08. The van der Waals surface area contributed by atoms with Crippen molar-refractivity contribution in [2.45, 2.75) is 61.9 Å². The number of nitrogens with one attached hydrogen (secondary N) is 2. The average molecular weight is 466 g/mol. The van der Waals surface area contributed by atoms with E-state index in [1.807, 2.05) is 18.2 Å². The van der Waals surface area contributed by atoms with E-state index in [9.17, 15) is 14.4 Å². The SMILES string of the molecule is CCC(CNC(=O)CSc1nc(C2CC2)nc2c1c(=O)[nH]c(=O)n2C1CC1)c1ccccc1. The summed E-state index contributed by atoms with van der Waals surface area (Å²) in [7, 11) is 0. The molecule has 2 aliphatic rings. The van der Waals surface area contributed by atoms with E-state index >= 15 is 0 Å². The smallest absolute Gasteiger partial charge is 0.330 e. The van der Waals surface area contributed by atoms with Gasteiger partial charge in [0, 0.05) is 24.4 Å². The number of amides is 1. The maximum Gasteiger partial charge on any atom is 0.330 e. The molecule has 1 aromatic carbocycles. The molecule has 0 radical (unpaired) electrons. The van der Waals surface area contributed by atoms with Gasteiger partial charge in [0.25, 0.3) is 5.56 Å². The van der Waals surface area contributed by atoms with Crippen molar-refractivity contribution in [1.82, 2.24) is 24.8 Å². The number of aromatic amines is 1. The summed E-state index contributed by atoms with van der Waals surface area (Å²) in [6, 6.07) is 10.2. The molecule has 0 saturated heterocycles. The highest BCUT2D eigenvalue weighted by molar-refractivity contribution is 8.00. The number of hydrogen-bond donors (Lipinski definition) is 2. The van der Waals surface area contributed by atoms with Crippen LogP contribution in [0.15, 0.2) is 44.9 Å². The average Bonchev–Trinajstić information content (AvgIpc) is 3.72. The predicted octanol–water partition coefficient (Wildman–Crippen LogP) is 3.09. The van der Waals surface area contributed by atoms with Crippen molar-refractivity contribution in [2.24, 2.45) is 0 Å². The van der Waals surface area contributed by atoms with E-state index in [0.717, 1.165) is 32.1 Å². The Kier molecular flexibility index (Phi) is 6.05. The van der Waals surface area contributed by atoms with Gasteiger partial charge in [-0.1, -0.05) is 49.0 Å². The van der Waals surface area contributed by atoms with Crippen LogP contribution in [-0.4, -0.2) is 37.7 Å². The summed E-state index contributed by atoms with van der Waals surface area (Å²) < 4.78 is 1.60. The van der Waals surface area contributed by atoms with Crippen LogP contribution in [0.4, 0.5) is 0 Å². The normalized spacial score (nSPS) is 16.6. The van der Waals surface area contributed by atoms with Gasteiger partial charge in [-0.25, -0.2) is 14.8 Å². The Morgan fingerprint density at radius 2 is 1.94 bits per heavy atom. The molecule has 2 heterocycles. The zero-order valence-electron chi connectivity index (χ0n) is 18.5. The van der Waals surface area contributed by atoms with E-state index in [2.05, 4.69) is 39.3 Å². The van der Waals surface area contributed by atoms with Gasteiger partial charge in [0.1, 0.15) is 16.2 Å². The quantitative estimate of drug-likeness (QED) is 0.371. The number of nitrogens with zero attached hydrogens (tertiary/aromatic N) is 3. The highest BCUT2D eigenvalue weighted by Gasteiger charge is 2.32. The van der Waals surface area contributed by atoms with Gasteiger partial charge in [0.05, 0.1) is 5.75 Å². The Bertz CT molecular complexity index is 1300. The molecular formula is C24H27N5O3S.